The predicted molar refractivity (Wildman–Crippen MR) is 70.3 cm³/mol. The van der Waals surface area contributed by atoms with Gasteiger partial charge in [0.05, 0.1) is 6.61 Å². The molecule has 1 nitrogen and oxygen atoms in total. The van der Waals surface area contributed by atoms with Crippen LogP contribution in [0, 0.1) is 16.7 Å². The summed E-state index contributed by atoms with van der Waals surface area (Å²) < 4.78 is 0. The van der Waals surface area contributed by atoms with E-state index in [9.17, 15) is 5.11 Å². The predicted octanol–water partition coefficient (Wildman–Crippen LogP) is 3.94. The van der Waals surface area contributed by atoms with E-state index in [4.69, 9.17) is 0 Å². The van der Waals surface area contributed by atoms with Crippen molar-refractivity contribution in [2.75, 3.05) is 6.61 Å². The van der Waals surface area contributed by atoms with Crippen molar-refractivity contribution in [1.29, 1.82) is 0 Å². The number of aliphatic hydroxyl groups excluding tert-OH is 1. The Hall–Kier alpha value is -0.560. The van der Waals surface area contributed by atoms with Gasteiger partial charge in [0.2, 0.25) is 0 Å². The molecule has 1 aliphatic rings. The minimum Gasteiger partial charge on any atom is -0.392 e. The Balaban J connectivity index is 3.02. The van der Waals surface area contributed by atoms with Crippen LogP contribution in [0.2, 0.25) is 0 Å². The molecule has 0 saturated heterocycles. The van der Waals surface area contributed by atoms with Gasteiger partial charge in [0, 0.05) is 0 Å². The summed E-state index contributed by atoms with van der Waals surface area (Å²) >= 11 is 0. The normalized spacial score (nSPS) is 22.8. The summed E-state index contributed by atoms with van der Waals surface area (Å²) in [5, 5.41) is 9.35. The minimum atomic E-state index is 0.159. The third-order valence-electron chi connectivity index (χ3n) is 3.47. The van der Waals surface area contributed by atoms with Crippen LogP contribution in [0.3, 0.4) is 0 Å². The number of allylic oxidation sites excluding steroid dienone is 2. The van der Waals surface area contributed by atoms with Crippen LogP contribution in [0.4, 0.5) is 0 Å². The van der Waals surface area contributed by atoms with Crippen molar-refractivity contribution in [2.24, 2.45) is 16.7 Å². The van der Waals surface area contributed by atoms with E-state index in [0.29, 0.717) is 5.92 Å². The van der Waals surface area contributed by atoms with Crippen molar-refractivity contribution in [3.63, 3.8) is 0 Å². The highest BCUT2D eigenvalue weighted by Crippen LogP contribution is 2.41. The summed E-state index contributed by atoms with van der Waals surface area (Å²) in [5.74, 6) is 0.536. The maximum absolute atomic E-state index is 9.35. The minimum absolute atomic E-state index is 0.159. The van der Waals surface area contributed by atoms with Gasteiger partial charge in [-0.3, -0.25) is 0 Å². The molecule has 0 spiro atoms. The van der Waals surface area contributed by atoms with Crippen LogP contribution in [0.25, 0.3) is 0 Å². The van der Waals surface area contributed by atoms with Gasteiger partial charge in [0.25, 0.3) is 0 Å². The Kier molecular flexibility index (Phi) is 3.69. The fraction of sp³-hybridized carbons (Fsp3) is 0.733. The van der Waals surface area contributed by atoms with Crippen LogP contribution >= 0.6 is 0 Å². The van der Waals surface area contributed by atoms with Gasteiger partial charge in [-0.1, -0.05) is 59.3 Å². The fourth-order valence-corrected chi connectivity index (χ4v) is 2.06. The Morgan fingerprint density at radius 2 is 1.75 bits per heavy atom. The quantitative estimate of drug-likeness (QED) is 0.712. The molecule has 0 aromatic carbocycles. The van der Waals surface area contributed by atoms with E-state index in [1.807, 2.05) is 0 Å². The summed E-state index contributed by atoms with van der Waals surface area (Å²) in [6.07, 6.45) is 5.55. The zero-order valence-electron chi connectivity index (χ0n) is 11.6. The first-order chi connectivity index (χ1) is 7.14. The molecule has 0 aliphatic heterocycles. The molecule has 1 N–H and O–H groups in total. The highest BCUT2D eigenvalue weighted by Gasteiger charge is 2.30. The number of hydrogen-bond acceptors (Lipinski definition) is 1. The molecule has 0 bridgehead atoms. The van der Waals surface area contributed by atoms with E-state index in [1.165, 1.54) is 5.57 Å². The number of aliphatic hydroxyl groups is 1. The van der Waals surface area contributed by atoms with E-state index in [1.54, 1.807) is 0 Å². The molecule has 0 aromatic heterocycles. The fourth-order valence-electron chi connectivity index (χ4n) is 2.06. The smallest absolute Gasteiger partial charge is 0.0678 e. The van der Waals surface area contributed by atoms with Gasteiger partial charge in [-0.25, -0.2) is 0 Å². The van der Waals surface area contributed by atoms with Gasteiger partial charge in [0.1, 0.15) is 0 Å². The maximum atomic E-state index is 9.35. The lowest BCUT2D eigenvalue weighted by atomic mass is 9.69. The van der Waals surface area contributed by atoms with Crippen LogP contribution in [0.1, 0.15) is 48.0 Å². The molecule has 1 rings (SSSR count). The molecule has 0 aromatic rings. The van der Waals surface area contributed by atoms with Gasteiger partial charge < -0.3 is 5.11 Å². The maximum Gasteiger partial charge on any atom is 0.0678 e. The van der Waals surface area contributed by atoms with Crippen molar-refractivity contribution in [1.82, 2.24) is 0 Å². The second kappa shape index (κ2) is 4.37. The molecule has 0 heterocycles. The molecular formula is C15H26O. The molecule has 0 saturated carbocycles. The van der Waals surface area contributed by atoms with Gasteiger partial charge in [-0.2, -0.15) is 0 Å². The second-order valence-corrected chi connectivity index (χ2v) is 7.00. The first-order valence-corrected chi connectivity index (χ1v) is 6.17. The summed E-state index contributed by atoms with van der Waals surface area (Å²) in [5.41, 5.74) is 3.01. The average Bonchev–Trinajstić information content (AvgIpc) is 2.14. The van der Waals surface area contributed by atoms with Crippen LogP contribution in [-0.4, -0.2) is 11.7 Å². The Morgan fingerprint density at radius 3 is 2.12 bits per heavy atom. The zero-order valence-corrected chi connectivity index (χ0v) is 11.6. The van der Waals surface area contributed by atoms with Crippen LogP contribution in [0.15, 0.2) is 23.3 Å². The van der Waals surface area contributed by atoms with Crippen molar-refractivity contribution in [2.45, 2.75) is 48.0 Å². The highest BCUT2D eigenvalue weighted by atomic mass is 16.3. The number of rotatable bonds is 1. The van der Waals surface area contributed by atoms with E-state index >= 15 is 0 Å². The molecule has 1 unspecified atom stereocenters. The molecule has 0 amide bonds. The molecule has 1 atom stereocenters. The Labute approximate surface area is 100 Å². The lowest BCUT2D eigenvalue weighted by Crippen LogP contribution is -2.25. The summed E-state index contributed by atoms with van der Waals surface area (Å²) in [6.45, 7) is 13.7. The molecule has 0 radical (unpaired) electrons. The SMILES string of the molecule is CC(C)(C)C1=CC(CO)=CC(C(C)(C)C)C1. The summed E-state index contributed by atoms with van der Waals surface area (Å²) in [4.78, 5) is 0. The van der Waals surface area contributed by atoms with Crippen LogP contribution in [-0.2, 0) is 0 Å². The Bertz CT molecular complexity index is 307. The van der Waals surface area contributed by atoms with Crippen LogP contribution < -0.4 is 0 Å². The van der Waals surface area contributed by atoms with Crippen molar-refractivity contribution in [3.8, 4) is 0 Å². The third kappa shape index (κ3) is 3.21. The molecule has 0 fully saturated rings. The summed E-state index contributed by atoms with van der Waals surface area (Å²) in [7, 11) is 0. The number of hydrogen-bond donors (Lipinski definition) is 1. The van der Waals surface area contributed by atoms with Crippen molar-refractivity contribution in [3.05, 3.63) is 23.3 Å². The van der Waals surface area contributed by atoms with E-state index in [-0.39, 0.29) is 17.4 Å². The van der Waals surface area contributed by atoms with Gasteiger partial charge in [-0.05, 0) is 28.7 Å². The third-order valence-corrected chi connectivity index (χ3v) is 3.47. The van der Waals surface area contributed by atoms with E-state index < -0.39 is 0 Å². The van der Waals surface area contributed by atoms with Crippen molar-refractivity contribution >= 4 is 0 Å². The topological polar surface area (TPSA) is 20.2 Å². The first-order valence-electron chi connectivity index (χ1n) is 6.17. The molecule has 92 valence electrons. The van der Waals surface area contributed by atoms with Crippen molar-refractivity contribution < 1.29 is 5.11 Å². The Morgan fingerprint density at radius 1 is 1.19 bits per heavy atom. The first kappa shape index (κ1) is 13.5. The highest BCUT2D eigenvalue weighted by molar-refractivity contribution is 5.33. The molecule has 1 aliphatic carbocycles. The lowest BCUT2D eigenvalue weighted by molar-refractivity contribution is 0.267. The molecule has 16 heavy (non-hydrogen) atoms. The zero-order chi connectivity index (χ0) is 12.6. The van der Waals surface area contributed by atoms with Crippen LogP contribution in [0.5, 0.6) is 0 Å². The average molecular weight is 222 g/mol. The van der Waals surface area contributed by atoms with Gasteiger partial charge >= 0.3 is 0 Å². The van der Waals surface area contributed by atoms with Gasteiger partial charge in [-0.15, -0.1) is 0 Å². The molecule has 1 heteroatoms. The standard InChI is InChI=1S/C15H26O/c1-14(2,3)12-7-11(10-16)8-13(9-12)15(4,5)6/h7-8,12,16H,9-10H2,1-6H3. The monoisotopic (exact) mass is 222 g/mol. The van der Waals surface area contributed by atoms with Gasteiger partial charge in [0.15, 0.2) is 0 Å². The molecular weight excluding hydrogens is 196 g/mol. The summed E-state index contributed by atoms with van der Waals surface area (Å²) in [6, 6.07) is 0. The lowest BCUT2D eigenvalue weighted by Gasteiger charge is -2.36. The van der Waals surface area contributed by atoms with E-state index in [0.717, 1.165) is 12.0 Å². The van der Waals surface area contributed by atoms with E-state index in [2.05, 4.69) is 53.7 Å². The second-order valence-electron chi connectivity index (χ2n) is 7.00. The largest absolute Gasteiger partial charge is 0.392 e.